The van der Waals surface area contributed by atoms with Crippen molar-refractivity contribution in [3.8, 4) is 0 Å². The van der Waals surface area contributed by atoms with Gasteiger partial charge in [0.2, 0.25) is 0 Å². The van der Waals surface area contributed by atoms with Crippen molar-refractivity contribution in [2.75, 3.05) is 45.9 Å². The zero-order chi connectivity index (χ0) is 16.0. The molecule has 3 N–H and O–H groups in total. The zero-order valence-corrected chi connectivity index (χ0v) is 14.6. The maximum atomic E-state index is 6.12. The molecule has 0 atom stereocenters. The SMILES string of the molecule is NC(=NCC1(CN2CCOCC2)CCCCC1)NCC1CCC1. The molecule has 0 unspecified atom stereocenters. The number of aliphatic imine (C=N–C) groups is 1. The largest absolute Gasteiger partial charge is 0.379 e. The van der Waals surface area contributed by atoms with E-state index in [9.17, 15) is 0 Å². The lowest BCUT2D eigenvalue weighted by molar-refractivity contribution is 0.00938. The minimum Gasteiger partial charge on any atom is -0.379 e. The van der Waals surface area contributed by atoms with Gasteiger partial charge < -0.3 is 15.8 Å². The summed E-state index contributed by atoms with van der Waals surface area (Å²) in [5.41, 5.74) is 6.45. The summed E-state index contributed by atoms with van der Waals surface area (Å²) in [5.74, 6) is 1.48. The maximum Gasteiger partial charge on any atom is 0.188 e. The number of nitrogens with zero attached hydrogens (tertiary/aromatic N) is 2. The summed E-state index contributed by atoms with van der Waals surface area (Å²) in [6, 6.07) is 0. The Balaban J connectivity index is 1.52. The fraction of sp³-hybridized carbons (Fsp3) is 0.944. The molecular weight excluding hydrogens is 288 g/mol. The van der Waals surface area contributed by atoms with Gasteiger partial charge in [-0.05, 0) is 31.6 Å². The summed E-state index contributed by atoms with van der Waals surface area (Å²) >= 11 is 0. The molecule has 2 saturated carbocycles. The molecule has 0 amide bonds. The summed E-state index contributed by atoms with van der Waals surface area (Å²) in [7, 11) is 0. The molecule has 3 aliphatic rings. The van der Waals surface area contributed by atoms with Gasteiger partial charge in [0, 0.05) is 38.1 Å². The molecule has 1 saturated heterocycles. The van der Waals surface area contributed by atoms with Crippen molar-refractivity contribution in [2.24, 2.45) is 22.1 Å². The van der Waals surface area contributed by atoms with E-state index in [0.717, 1.165) is 51.9 Å². The molecule has 132 valence electrons. The third kappa shape index (κ3) is 5.08. The fourth-order valence-electron chi connectivity index (χ4n) is 4.16. The van der Waals surface area contributed by atoms with E-state index in [4.69, 9.17) is 15.5 Å². The van der Waals surface area contributed by atoms with Gasteiger partial charge >= 0.3 is 0 Å². The van der Waals surface area contributed by atoms with Crippen LogP contribution in [0.1, 0.15) is 51.4 Å². The summed E-state index contributed by atoms with van der Waals surface area (Å²) in [4.78, 5) is 7.31. The molecule has 23 heavy (non-hydrogen) atoms. The lowest BCUT2D eigenvalue weighted by Gasteiger charge is -2.41. The summed E-state index contributed by atoms with van der Waals surface area (Å²) in [6.07, 6.45) is 10.7. The number of hydrogen-bond donors (Lipinski definition) is 2. The van der Waals surface area contributed by atoms with Crippen molar-refractivity contribution in [3.05, 3.63) is 0 Å². The van der Waals surface area contributed by atoms with E-state index in [0.29, 0.717) is 11.4 Å². The molecule has 0 aromatic carbocycles. The first kappa shape index (κ1) is 17.0. The number of guanidine groups is 1. The van der Waals surface area contributed by atoms with Crippen LogP contribution in [0.15, 0.2) is 4.99 Å². The second-order valence-corrected chi connectivity index (χ2v) is 7.83. The van der Waals surface area contributed by atoms with Crippen LogP contribution in [-0.4, -0.2) is 56.8 Å². The van der Waals surface area contributed by atoms with E-state index < -0.39 is 0 Å². The molecule has 1 aliphatic heterocycles. The van der Waals surface area contributed by atoms with Gasteiger partial charge in [-0.3, -0.25) is 9.89 Å². The second kappa shape index (κ2) is 8.34. The molecule has 0 spiro atoms. The van der Waals surface area contributed by atoms with E-state index in [2.05, 4.69) is 10.2 Å². The van der Waals surface area contributed by atoms with Gasteiger partial charge in [-0.2, -0.15) is 0 Å². The molecule has 5 heteroatoms. The van der Waals surface area contributed by atoms with E-state index in [1.807, 2.05) is 0 Å². The molecule has 5 nitrogen and oxygen atoms in total. The Bertz CT molecular complexity index is 382. The van der Waals surface area contributed by atoms with Crippen molar-refractivity contribution in [1.29, 1.82) is 0 Å². The van der Waals surface area contributed by atoms with Crippen molar-refractivity contribution in [2.45, 2.75) is 51.4 Å². The molecular formula is C18H34N4O. The molecule has 0 bridgehead atoms. The van der Waals surface area contributed by atoms with E-state index in [1.54, 1.807) is 0 Å². The van der Waals surface area contributed by atoms with E-state index in [-0.39, 0.29) is 0 Å². The third-order valence-electron chi connectivity index (χ3n) is 5.96. The standard InChI is InChI=1S/C18H34N4O/c19-17(20-13-16-5-4-6-16)21-14-18(7-2-1-3-8-18)15-22-9-11-23-12-10-22/h16H,1-15H2,(H3,19,20,21). The summed E-state index contributed by atoms with van der Waals surface area (Å²) < 4.78 is 5.49. The number of nitrogens with one attached hydrogen (secondary N) is 1. The van der Waals surface area contributed by atoms with E-state index >= 15 is 0 Å². The van der Waals surface area contributed by atoms with Gasteiger partial charge in [0.15, 0.2) is 5.96 Å². The van der Waals surface area contributed by atoms with Crippen LogP contribution in [-0.2, 0) is 4.74 Å². The smallest absolute Gasteiger partial charge is 0.188 e. The lowest BCUT2D eigenvalue weighted by Crippen LogP contribution is -2.46. The Morgan fingerprint density at radius 1 is 1.13 bits per heavy atom. The Hall–Kier alpha value is -0.810. The van der Waals surface area contributed by atoms with Gasteiger partial charge in [0.25, 0.3) is 0 Å². The lowest BCUT2D eigenvalue weighted by atomic mass is 9.73. The summed E-state index contributed by atoms with van der Waals surface area (Å²) in [5, 5.41) is 3.34. The summed E-state index contributed by atoms with van der Waals surface area (Å²) in [6.45, 7) is 6.95. The Morgan fingerprint density at radius 3 is 2.52 bits per heavy atom. The van der Waals surface area contributed by atoms with Crippen LogP contribution < -0.4 is 11.1 Å². The Morgan fingerprint density at radius 2 is 1.87 bits per heavy atom. The van der Waals surface area contributed by atoms with Crippen LogP contribution in [0.2, 0.25) is 0 Å². The van der Waals surface area contributed by atoms with Crippen molar-refractivity contribution >= 4 is 5.96 Å². The first-order chi connectivity index (χ1) is 11.3. The minimum atomic E-state index is 0.332. The topological polar surface area (TPSA) is 62.9 Å². The zero-order valence-electron chi connectivity index (χ0n) is 14.6. The predicted molar refractivity (Wildman–Crippen MR) is 94.6 cm³/mol. The van der Waals surface area contributed by atoms with Crippen LogP contribution in [0.25, 0.3) is 0 Å². The first-order valence-corrected chi connectivity index (χ1v) is 9.60. The van der Waals surface area contributed by atoms with Crippen LogP contribution in [0.4, 0.5) is 0 Å². The molecule has 3 fully saturated rings. The molecule has 1 heterocycles. The molecule has 3 rings (SSSR count). The minimum absolute atomic E-state index is 0.332. The van der Waals surface area contributed by atoms with Crippen molar-refractivity contribution in [1.82, 2.24) is 10.2 Å². The Kier molecular flexibility index (Phi) is 6.17. The number of hydrogen-bond acceptors (Lipinski definition) is 3. The Labute approximate surface area is 141 Å². The average molecular weight is 322 g/mol. The van der Waals surface area contributed by atoms with Gasteiger partial charge in [-0.1, -0.05) is 25.7 Å². The highest BCUT2D eigenvalue weighted by Gasteiger charge is 2.34. The van der Waals surface area contributed by atoms with Crippen LogP contribution in [0, 0.1) is 11.3 Å². The van der Waals surface area contributed by atoms with Crippen LogP contribution in [0.3, 0.4) is 0 Å². The molecule has 2 aliphatic carbocycles. The highest BCUT2D eigenvalue weighted by Crippen LogP contribution is 2.37. The normalized spacial score (nSPS) is 26.7. The quantitative estimate of drug-likeness (QED) is 0.580. The maximum absolute atomic E-state index is 6.12. The predicted octanol–water partition coefficient (Wildman–Crippen LogP) is 1.97. The highest BCUT2D eigenvalue weighted by atomic mass is 16.5. The van der Waals surface area contributed by atoms with Gasteiger partial charge in [0.1, 0.15) is 0 Å². The van der Waals surface area contributed by atoms with Crippen molar-refractivity contribution in [3.63, 3.8) is 0 Å². The third-order valence-corrected chi connectivity index (χ3v) is 5.96. The molecule has 0 radical (unpaired) electrons. The fourth-order valence-corrected chi connectivity index (χ4v) is 4.16. The van der Waals surface area contributed by atoms with Crippen LogP contribution in [0.5, 0.6) is 0 Å². The van der Waals surface area contributed by atoms with E-state index in [1.165, 1.54) is 51.4 Å². The number of morpholine rings is 1. The number of ether oxygens (including phenoxy) is 1. The van der Waals surface area contributed by atoms with Gasteiger partial charge in [-0.15, -0.1) is 0 Å². The molecule has 0 aromatic rings. The average Bonchev–Trinajstić information content (AvgIpc) is 2.53. The number of rotatable bonds is 6. The highest BCUT2D eigenvalue weighted by molar-refractivity contribution is 5.77. The van der Waals surface area contributed by atoms with Gasteiger partial charge in [-0.25, -0.2) is 0 Å². The second-order valence-electron chi connectivity index (χ2n) is 7.83. The van der Waals surface area contributed by atoms with Crippen LogP contribution >= 0.6 is 0 Å². The first-order valence-electron chi connectivity index (χ1n) is 9.60. The monoisotopic (exact) mass is 322 g/mol. The van der Waals surface area contributed by atoms with Gasteiger partial charge in [0.05, 0.1) is 13.2 Å². The number of nitrogens with two attached hydrogens (primary N) is 1. The molecule has 0 aromatic heterocycles. The van der Waals surface area contributed by atoms with Crippen molar-refractivity contribution < 1.29 is 4.74 Å².